The van der Waals surface area contributed by atoms with Crippen LogP contribution in [0.25, 0.3) is 16.8 Å². The van der Waals surface area contributed by atoms with Gasteiger partial charge >= 0.3 is 0 Å². The predicted molar refractivity (Wildman–Crippen MR) is 105 cm³/mol. The minimum absolute atomic E-state index is 0.226. The summed E-state index contributed by atoms with van der Waals surface area (Å²) < 4.78 is 24.0. The Morgan fingerprint density at radius 3 is 3.07 bits per heavy atom. The van der Waals surface area contributed by atoms with Crippen molar-refractivity contribution in [3.63, 3.8) is 0 Å². The summed E-state index contributed by atoms with van der Waals surface area (Å²) in [6, 6.07) is 3.16. The van der Waals surface area contributed by atoms with Crippen LogP contribution in [0, 0.1) is 5.82 Å². The van der Waals surface area contributed by atoms with Gasteiger partial charge in [0.15, 0.2) is 0 Å². The predicted octanol–water partition coefficient (Wildman–Crippen LogP) is 3.23. The molecule has 1 aromatic carbocycles. The van der Waals surface area contributed by atoms with Gasteiger partial charge in [-0.3, -0.25) is 9.08 Å². The lowest BCUT2D eigenvalue weighted by atomic mass is 10.0. The van der Waals surface area contributed by atoms with Crippen LogP contribution >= 0.6 is 0 Å². The van der Waals surface area contributed by atoms with Crippen molar-refractivity contribution in [2.24, 2.45) is 0 Å². The van der Waals surface area contributed by atoms with Gasteiger partial charge in [0.1, 0.15) is 17.2 Å². The highest BCUT2D eigenvalue weighted by Crippen LogP contribution is 2.32. The normalized spacial score (nSPS) is 14.8. The van der Waals surface area contributed by atoms with Crippen LogP contribution in [-0.2, 0) is 25.9 Å². The van der Waals surface area contributed by atoms with Crippen LogP contribution < -0.4 is 10.1 Å². The van der Waals surface area contributed by atoms with Crippen LogP contribution in [0.1, 0.15) is 23.2 Å². The lowest BCUT2D eigenvalue weighted by Crippen LogP contribution is -2.09. The van der Waals surface area contributed by atoms with Gasteiger partial charge in [0.05, 0.1) is 12.8 Å². The molecule has 2 aliphatic rings. The quantitative estimate of drug-likeness (QED) is 0.579. The molecule has 7 nitrogen and oxygen atoms in total. The molecule has 2 aliphatic heterocycles. The summed E-state index contributed by atoms with van der Waals surface area (Å²) in [5, 5.41) is 7.77. The zero-order valence-corrected chi connectivity index (χ0v) is 15.7. The van der Waals surface area contributed by atoms with Gasteiger partial charge in [0.25, 0.3) is 0 Å². The zero-order valence-electron chi connectivity index (χ0n) is 15.7. The lowest BCUT2D eigenvalue weighted by molar-refractivity contribution is 0.356. The fourth-order valence-electron chi connectivity index (χ4n) is 4.40. The molecule has 29 heavy (non-hydrogen) atoms. The molecule has 0 saturated carbocycles. The number of hydrogen-bond acceptors (Lipinski definition) is 5. The first-order valence-corrected chi connectivity index (χ1v) is 9.83. The first-order chi connectivity index (χ1) is 14.3. The van der Waals surface area contributed by atoms with Gasteiger partial charge in [-0.1, -0.05) is 0 Å². The molecule has 0 aliphatic carbocycles. The molecule has 6 rings (SSSR count). The van der Waals surface area contributed by atoms with E-state index in [1.165, 1.54) is 11.8 Å². The second kappa shape index (κ2) is 6.30. The SMILES string of the molecule is Fc1ccc2c(c1CNc1ncc(-c3cnn4c3CCC4)c3nccn13)CCO2. The third-order valence-corrected chi connectivity index (χ3v) is 5.81. The summed E-state index contributed by atoms with van der Waals surface area (Å²) in [6.45, 7) is 1.89. The molecule has 0 bridgehead atoms. The molecule has 0 saturated heterocycles. The molecule has 1 N–H and O–H groups in total. The molecule has 146 valence electrons. The Morgan fingerprint density at radius 2 is 2.10 bits per heavy atom. The van der Waals surface area contributed by atoms with E-state index in [1.54, 1.807) is 12.3 Å². The molecule has 0 fully saturated rings. The van der Waals surface area contributed by atoms with E-state index in [0.29, 0.717) is 24.7 Å². The van der Waals surface area contributed by atoms with Gasteiger partial charge < -0.3 is 10.1 Å². The van der Waals surface area contributed by atoms with Crippen LogP contribution in [-0.4, -0.2) is 30.8 Å². The van der Waals surface area contributed by atoms with E-state index in [2.05, 4.69) is 25.1 Å². The number of nitrogens with one attached hydrogen (secondary N) is 1. The topological polar surface area (TPSA) is 69.3 Å². The Morgan fingerprint density at radius 1 is 1.14 bits per heavy atom. The van der Waals surface area contributed by atoms with Gasteiger partial charge in [-0.05, 0) is 25.0 Å². The molecule has 0 atom stereocenters. The average molecular weight is 390 g/mol. The summed E-state index contributed by atoms with van der Waals surface area (Å²) >= 11 is 0. The van der Waals surface area contributed by atoms with Crippen molar-refractivity contribution >= 4 is 11.6 Å². The van der Waals surface area contributed by atoms with Crippen LogP contribution in [0.5, 0.6) is 5.75 Å². The Bertz CT molecular complexity index is 1240. The van der Waals surface area contributed by atoms with Crippen molar-refractivity contribution in [2.45, 2.75) is 32.4 Å². The number of ether oxygens (including phenoxy) is 1. The van der Waals surface area contributed by atoms with Gasteiger partial charge in [0, 0.05) is 66.0 Å². The molecule has 0 unspecified atom stereocenters. The summed E-state index contributed by atoms with van der Waals surface area (Å²) in [4.78, 5) is 9.16. The highest BCUT2D eigenvalue weighted by molar-refractivity contribution is 5.79. The van der Waals surface area contributed by atoms with E-state index < -0.39 is 0 Å². The number of imidazole rings is 1. The molecular formula is C21H19FN6O. The number of anilines is 1. The maximum absolute atomic E-state index is 14.4. The molecule has 5 heterocycles. The molecule has 0 radical (unpaired) electrons. The van der Waals surface area contributed by atoms with E-state index in [0.717, 1.165) is 53.9 Å². The van der Waals surface area contributed by atoms with Crippen LogP contribution in [0.4, 0.5) is 10.3 Å². The first-order valence-electron chi connectivity index (χ1n) is 9.83. The van der Waals surface area contributed by atoms with Crippen LogP contribution in [0.15, 0.2) is 36.9 Å². The number of hydrogen-bond donors (Lipinski definition) is 1. The Hall–Kier alpha value is -3.42. The minimum atomic E-state index is -0.226. The fourth-order valence-corrected chi connectivity index (χ4v) is 4.40. The van der Waals surface area contributed by atoms with Gasteiger partial charge in [-0.15, -0.1) is 0 Å². The Balaban J connectivity index is 1.36. The number of aryl methyl sites for hydroxylation is 1. The van der Waals surface area contributed by atoms with Crippen molar-refractivity contribution in [1.82, 2.24) is 24.1 Å². The van der Waals surface area contributed by atoms with E-state index in [-0.39, 0.29) is 5.82 Å². The highest BCUT2D eigenvalue weighted by atomic mass is 19.1. The number of halogens is 1. The summed E-state index contributed by atoms with van der Waals surface area (Å²) in [7, 11) is 0. The zero-order chi connectivity index (χ0) is 19.4. The third kappa shape index (κ3) is 2.52. The molecule has 8 heteroatoms. The highest BCUT2D eigenvalue weighted by Gasteiger charge is 2.22. The largest absolute Gasteiger partial charge is 0.493 e. The Labute approximate surface area is 166 Å². The number of aromatic nitrogens is 5. The summed E-state index contributed by atoms with van der Waals surface area (Å²) in [5.41, 5.74) is 5.66. The molecule has 0 spiro atoms. The van der Waals surface area contributed by atoms with Crippen molar-refractivity contribution in [3.8, 4) is 16.9 Å². The number of fused-ring (bicyclic) bond motifs is 3. The van der Waals surface area contributed by atoms with Crippen molar-refractivity contribution in [3.05, 3.63) is 59.6 Å². The van der Waals surface area contributed by atoms with Crippen molar-refractivity contribution in [2.75, 3.05) is 11.9 Å². The monoisotopic (exact) mass is 390 g/mol. The molecular weight excluding hydrogens is 371 g/mol. The van der Waals surface area contributed by atoms with Crippen molar-refractivity contribution < 1.29 is 9.13 Å². The van der Waals surface area contributed by atoms with E-state index in [9.17, 15) is 4.39 Å². The maximum atomic E-state index is 14.4. The summed E-state index contributed by atoms with van der Waals surface area (Å²) in [5.74, 6) is 1.17. The van der Waals surface area contributed by atoms with E-state index in [4.69, 9.17) is 4.74 Å². The third-order valence-electron chi connectivity index (χ3n) is 5.81. The van der Waals surface area contributed by atoms with E-state index in [1.807, 2.05) is 23.0 Å². The standard InChI is InChI=1S/C21H19FN6O/c22-17-3-4-19-13(5-9-29-19)14(17)10-24-21-25-11-16(20-23-6-8-27(20)21)15-12-26-28-7-1-2-18(15)28/h3-4,6,8,11-12H,1-2,5,7,9-10H2,(H,24,25). The molecule has 3 aromatic heterocycles. The molecule has 4 aromatic rings. The van der Waals surface area contributed by atoms with Gasteiger partial charge in [-0.2, -0.15) is 5.10 Å². The minimum Gasteiger partial charge on any atom is -0.493 e. The maximum Gasteiger partial charge on any atom is 0.208 e. The average Bonchev–Trinajstić information content (AvgIpc) is 3.50. The first kappa shape index (κ1) is 16.5. The molecule has 0 amide bonds. The van der Waals surface area contributed by atoms with E-state index >= 15 is 0 Å². The van der Waals surface area contributed by atoms with Crippen LogP contribution in [0.2, 0.25) is 0 Å². The fraction of sp³-hybridized carbons (Fsp3) is 0.286. The number of nitrogens with zero attached hydrogens (tertiary/aromatic N) is 5. The van der Waals surface area contributed by atoms with Crippen LogP contribution in [0.3, 0.4) is 0 Å². The number of rotatable bonds is 4. The Kier molecular flexibility index (Phi) is 3.59. The second-order valence-corrected chi connectivity index (χ2v) is 7.40. The van der Waals surface area contributed by atoms with Crippen molar-refractivity contribution in [1.29, 1.82) is 0 Å². The van der Waals surface area contributed by atoms with Gasteiger partial charge in [0.2, 0.25) is 5.95 Å². The van der Waals surface area contributed by atoms with Gasteiger partial charge in [-0.25, -0.2) is 14.4 Å². The summed E-state index contributed by atoms with van der Waals surface area (Å²) in [6.07, 6.45) is 10.2. The number of benzene rings is 1. The smallest absolute Gasteiger partial charge is 0.208 e. The lowest BCUT2D eigenvalue weighted by Gasteiger charge is -2.13. The second-order valence-electron chi connectivity index (χ2n) is 7.40.